The first-order valence-corrected chi connectivity index (χ1v) is 11.0. The third-order valence-corrected chi connectivity index (χ3v) is 6.62. The number of aromatic nitrogens is 2. The largest absolute Gasteiger partial charge is 0.477 e. The zero-order valence-corrected chi connectivity index (χ0v) is 18.1. The summed E-state index contributed by atoms with van der Waals surface area (Å²) in [5.41, 5.74) is 0.249. The van der Waals surface area contributed by atoms with Crippen LogP contribution >= 0.6 is 11.3 Å². The topological polar surface area (TPSA) is 81.4 Å². The van der Waals surface area contributed by atoms with Crippen LogP contribution in [-0.4, -0.2) is 33.2 Å². The van der Waals surface area contributed by atoms with Gasteiger partial charge < -0.3 is 14.4 Å². The average molecular weight is 417 g/mol. The number of hydrogen-bond donors (Lipinski definition) is 1. The zero-order chi connectivity index (χ0) is 21.0. The number of nitrogens with zero attached hydrogens (tertiary/aromatic N) is 2. The molecule has 0 fully saturated rings. The van der Waals surface area contributed by atoms with Gasteiger partial charge in [-0.15, -0.1) is 11.3 Å². The van der Waals surface area contributed by atoms with E-state index in [2.05, 4.69) is 11.9 Å². The molecule has 6 nitrogen and oxygen atoms in total. The van der Waals surface area contributed by atoms with Gasteiger partial charge in [-0.3, -0.25) is 4.79 Å². The number of aryl methyl sites for hydroxylation is 2. The maximum atomic E-state index is 12.7. The summed E-state index contributed by atoms with van der Waals surface area (Å²) < 4.78 is 7.19. The second kappa shape index (κ2) is 8.95. The Balaban J connectivity index is 1.95. The third kappa shape index (κ3) is 4.01. The van der Waals surface area contributed by atoms with Crippen LogP contribution in [0.1, 0.15) is 71.8 Å². The number of carboxylic acid groups (broad SMARTS) is 1. The minimum Gasteiger partial charge on any atom is -0.477 e. The highest BCUT2D eigenvalue weighted by Gasteiger charge is 2.43. The van der Waals surface area contributed by atoms with Gasteiger partial charge in [0, 0.05) is 16.2 Å². The molecule has 2 heterocycles. The van der Waals surface area contributed by atoms with Gasteiger partial charge in [-0.2, -0.15) is 0 Å². The van der Waals surface area contributed by atoms with Gasteiger partial charge in [0.2, 0.25) is 0 Å². The molecule has 0 aliphatic heterocycles. The van der Waals surface area contributed by atoms with Crippen molar-refractivity contribution in [1.29, 1.82) is 0 Å². The lowest BCUT2D eigenvalue weighted by atomic mass is 9.84. The molecule has 1 N–H and O–H groups in total. The first kappa shape index (κ1) is 21.3. The monoisotopic (exact) mass is 416 g/mol. The van der Waals surface area contributed by atoms with E-state index in [1.54, 1.807) is 11.3 Å². The molecular formula is C22H28N2O4S. The minimum absolute atomic E-state index is 0.188. The van der Waals surface area contributed by atoms with Crippen LogP contribution in [0.4, 0.5) is 0 Å². The summed E-state index contributed by atoms with van der Waals surface area (Å²) in [6.45, 7) is 6.61. The maximum absolute atomic E-state index is 12.7. The molecule has 2 aromatic rings. The van der Waals surface area contributed by atoms with E-state index in [1.165, 1.54) is 0 Å². The van der Waals surface area contributed by atoms with Gasteiger partial charge in [0.25, 0.3) is 0 Å². The molecule has 0 bridgehead atoms. The number of thiophene rings is 1. The van der Waals surface area contributed by atoms with Gasteiger partial charge in [0.05, 0.1) is 18.8 Å². The van der Waals surface area contributed by atoms with Crippen molar-refractivity contribution in [3.8, 4) is 0 Å². The quantitative estimate of drug-likeness (QED) is 0.485. The van der Waals surface area contributed by atoms with Crippen LogP contribution in [-0.2, 0) is 34.3 Å². The Morgan fingerprint density at radius 3 is 2.55 bits per heavy atom. The molecule has 3 rings (SSSR count). The Bertz CT molecular complexity index is 917. The van der Waals surface area contributed by atoms with Gasteiger partial charge in [0.15, 0.2) is 5.69 Å². The fourth-order valence-electron chi connectivity index (χ4n) is 3.89. The second-order valence-electron chi connectivity index (χ2n) is 7.27. The summed E-state index contributed by atoms with van der Waals surface area (Å²) in [5.74, 6) is -0.331. The Labute approximate surface area is 175 Å². The third-order valence-electron chi connectivity index (χ3n) is 5.34. The Kier molecular flexibility index (Phi) is 6.57. The molecule has 7 heteroatoms. The number of aromatic carboxylic acids is 1. The highest BCUT2D eigenvalue weighted by atomic mass is 32.1. The summed E-state index contributed by atoms with van der Waals surface area (Å²) >= 11 is 1.56. The molecular weight excluding hydrogens is 388 g/mol. The molecule has 0 unspecified atom stereocenters. The molecule has 156 valence electrons. The van der Waals surface area contributed by atoms with Crippen molar-refractivity contribution in [2.45, 2.75) is 64.8 Å². The molecule has 0 aromatic carbocycles. The van der Waals surface area contributed by atoms with Crippen LogP contribution in [0.5, 0.6) is 0 Å². The van der Waals surface area contributed by atoms with Crippen LogP contribution in [0.15, 0.2) is 24.3 Å². The lowest BCUT2D eigenvalue weighted by Crippen LogP contribution is -2.34. The Morgan fingerprint density at radius 2 is 1.97 bits per heavy atom. The van der Waals surface area contributed by atoms with Gasteiger partial charge in [-0.25, -0.2) is 9.78 Å². The van der Waals surface area contributed by atoms with Gasteiger partial charge in [0.1, 0.15) is 11.2 Å². The highest BCUT2D eigenvalue weighted by Crippen LogP contribution is 2.42. The number of ether oxygens (including phenoxy) is 1. The van der Waals surface area contributed by atoms with Crippen molar-refractivity contribution in [2.75, 3.05) is 6.61 Å². The first-order chi connectivity index (χ1) is 14.0. The molecule has 1 aliphatic rings. The van der Waals surface area contributed by atoms with E-state index in [9.17, 15) is 14.7 Å². The number of carbonyl (C=O) groups is 2. The normalized spacial score (nSPS) is 15.0. The number of esters is 1. The van der Waals surface area contributed by atoms with E-state index in [0.29, 0.717) is 38.1 Å². The van der Waals surface area contributed by atoms with Crippen LogP contribution < -0.4 is 0 Å². The maximum Gasteiger partial charge on any atom is 0.354 e. The molecule has 0 atom stereocenters. The molecule has 1 aliphatic carbocycles. The number of allylic oxidation sites excluding steroid dienone is 2. The van der Waals surface area contributed by atoms with Crippen molar-refractivity contribution in [2.24, 2.45) is 0 Å². The second-order valence-corrected chi connectivity index (χ2v) is 8.43. The van der Waals surface area contributed by atoms with Crippen molar-refractivity contribution >= 4 is 23.3 Å². The zero-order valence-electron chi connectivity index (χ0n) is 17.2. The predicted molar refractivity (Wildman–Crippen MR) is 113 cm³/mol. The van der Waals surface area contributed by atoms with Gasteiger partial charge in [-0.05, 0) is 44.7 Å². The van der Waals surface area contributed by atoms with Crippen LogP contribution in [0, 0.1) is 0 Å². The van der Waals surface area contributed by atoms with Crippen LogP contribution in [0.25, 0.3) is 0 Å². The number of imidazole rings is 1. The predicted octanol–water partition coefficient (Wildman–Crippen LogP) is 4.36. The number of hydrogen-bond acceptors (Lipinski definition) is 5. The van der Waals surface area contributed by atoms with E-state index >= 15 is 0 Å². The highest BCUT2D eigenvalue weighted by molar-refractivity contribution is 7.12. The first-order valence-electron chi connectivity index (χ1n) is 10.2. The fraction of sp³-hybridized carbons (Fsp3) is 0.500. The van der Waals surface area contributed by atoms with E-state index in [0.717, 1.165) is 28.4 Å². The SMILES string of the molecule is CCCc1nc(CC)c(C(=O)O)n1Cc1ccc(C2(C(=O)OCC)CC=CC2)s1. The summed E-state index contributed by atoms with van der Waals surface area (Å²) in [5, 5.41) is 9.76. The number of carbonyl (C=O) groups excluding carboxylic acids is 1. The molecule has 0 saturated heterocycles. The Morgan fingerprint density at radius 1 is 1.24 bits per heavy atom. The van der Waals surface area contributed by atoms with E-state index in [-0.39, 0.29) is 11.7 Å². The van der Waals surface area contributed by atoms with Crippen molar-refractivity contribution in [3.05, 3.63) is 51.3 Å². The van der Waals surface area contributed by atoms with E-state index < -0.39 is 11.4 Å². The number of carboxylic acids is 1. The van der Waals surface area contributed by atoms with Gasteiger partial charge >= 0.3 is 11.9 Å². The lowest BCUT2D eigenvalue weighted by Gasteiger charge is -2.25. The summed E-state index contributed by atoms with van der Waals surface area (Å²) in [4.78, 5) is 31.2. The molecule has 29 heavy (non-hydrogen) atoms. The van der Waals surface area contributed by atoms with E-state index in [1.807, 2.05) is 42.7 Å². The Hall–Kier alpha value is -2.41. The van der Waals surface area contributed by atoms with Crippen LogP contribution in [0.2, 0.25) is 0 Å². The molecule has 0 amide bonds. The summed E-state index contributed by atoms with van der Waals surface area (Å²) in [7, 11) is 0. The number of rotatable bonds is 9. The molecule has 0 saturated carbocycles. The lowest BCUT2D eigenvalue weighted by molar-refractivity contribution is -0.149. The van der Waals surface area contributed by atoms with Crippen molar-refractivity contribution < 1.29 is 19.4 Å². The summed E-state index contributed by atoms with van der Waals surface area (Å²) in [6, 6.07) is 3.98. The van der Waals surface area contributed by atoms with Gasteiger partial charge in [-0.1, -0.05) is 26.0 Å². The average Bonchev–Trinajstić information content (AvgIpc) is 3.41. The summed E-state index contributed by atoms with van der Waals surface area (Å²) in [6.07, 6.45) is 7.54. The van der Waals surface area contributed by atoms with Crippen molar-refractivity contribution in [3.63, 3.8) is 0 Å². The smallest absolute Gasteiger partial charge is 0.354 e. The molecule has 0 radical (unpaired) electrons. The van der Waals surface area contributed by atoms with E-state index in [4.69, 9.17) is 4.74 Å². The standard InChI is InChI=1S/C22H28N2O4S/c1-4-9-18-23-16(5-2)19(20(25)26)24(18)14-15-10-11-17(29-15)22(12-7-8-13-22)21(27)28-6-3/h7-8,10-11H,4-6,9,12-14H2,1-3H3,(H,25,26). The molecule has 2 aromatic heterocycles. The van der Waals surface area contributed by atoms with Crippen molar-refractivity contribution in [1.82, 2.24) is 9.55 Å². The molecule has 0 spiro atoms. The fourth-order valence-corrected chi connectivity index (χ4v) is 5.08. The van der Waals surface area contributed by atoms with Crippen LogP contribution in [0.3, 0.4) is 0 Å². The minimum atomic E-state index is -0.948.